The van der Waals surface area contributed by atoms with Crippen LogP contribution in [0.2, 0.25) is 0 Å². The van der Waals surface area contributed by atoms with Crippen molar-refractivity contribution in [3.63, 3.8) is 0 Å². The van der Waals surface area contributed by atoms with E-state index in [0.717, 1.165) is 34.6 Å². The fraction of sp³-hybridized carbons (Fsp3) is 0.318. The number of amides is 1. The van der Waals surface area contributed by atoms with Crippen LogP contribution in [0.15, 0.2) is 42.5 Å². The van der Waals surface area contributed by atoms with Crippen LogP contribution >= 0.6 is 11.8 Å². The highest BCUT2D eigenvalue weighted by Gasteiger charge is 2.31. The number of para-hydroxylation sites is 2. The molecule has 0 bridgehead atoms. The first-order valence-corrected chi connectivity index (χ1v) is 10.9. The second-order valence-corrected chi connectivity index (χ2v) is 7.83. The average molecular weight is 449 g/mol. The van der Waals surface area contributed by atoms with Gasteiger partial charge in [-0.05, 0) is 43.7 Å². The van der Waals surface area contributed by atoms with Gasteiger partial charge in [-0.3, -0.25) is 4.79 Å². The van der Waals surface area contributed by atoms with Gasteiger partial charge in [0.2, 0.25) is 5.91 Å². The summed E-state index contributed by atoms with van der Waals surface area (Å²) in [6.45, 7) is 4.08. The molecule has 0 radical (unpaired) electrons. The van der Waals surface area contributed by atoms with Crippen LogP contribution < -0.4 is 10.1 Å². The summed E-state index contributed by atoms with van der Waals surface area (Å²) in [7, 11) is 0. The summed E-state index contributed by atoms with van der Waals surface area (Å²) in [6, 6.07) is 10.6. The number of alkyl halides is 3. The van der Waals surface area contributed by atoms with E-state index in [2.05, 4.69) is 15.3 Å². The summed E-state index contributed by atoms with van der Waals surface area (Å²) in [4.78, 5) is 21.5. The van der Waals surface area contributed by atoms with Crippen molar-refractivity contribution < 1.29 is 22.7 Å². The minimum Gasteiger partial charge on any atom is -0.491 e. The molecule has 0 saturated heterocycles. The molecule has 1 N–H and O–H groups in total. The number of nitrogens with one attached hydrogen (secondary N) is 1. The third-order valence-corrected chi connectivity index (χ3v) is 5.30. The summed E-state index contributed by atoms with van der Waals surface area (Å²) in [5, 5.41) is 2.54. The number of rotatable bonds is 8. The SMILES string of the molecule is CCCOc1ccc(C(F)(F)F)cc1NC(=O)CSCc1nc2ccccc2nc1C. The molecule has 1 heterocycles. The number of benzene rings is 2. The third kappa shape index (κ3) is 6.10. The fourth-order valence-electron chi connectivity index (χ4n) is 2.83. The Bertz CT molecular complexity index is 1070. The lowest BCUT2D eigenvalue weighted by Crippen LogP contribution is -2.16. The predicted molar refractivity (Wildman–Crippen MR) is 116 cm³/mol. The number of aryl methyl sites for hydroxylation is 1. The molecule has 0 fully saturated rings. The monoisotopic (exact) mass is 449 g/mol. The third-order valence-electron chi connectivity index (χ3n) is 4.36. The van der Waals surface area contributed by atoms with Crippen LogP contribution in [0, 0.1) is 6.92 Å². The molecular weight excluding hydrogens is 427 g/mol. The van der Waals surface area contributed by atoms with Gasteiger partial charge < -0.3 is 10.1 Å². The highest BCUT2D eigenvalue weighted by atomic mass is 32.2. The maximum Gasteiger partial charge on any atom is 0.416 e. The molecule has 1 amide bonds. The maximum atomic E-state index is 13.1. The molecule has 9 heteroatoms. The number of carbonyl (C=O) groups excluding carboxylic acids is 1. The Morgan fingerprint density at radius 2 is 1.84 bits per heavy atom. The molecular formula is C22H22F3N3O2S. The van der Waals surface area contributed by atoms with Gasteiger partial charge in [-0.15, -0.1) is 11.8 Å². The highest BCUT2D eigenvalue weighted by molar-refractivity contribution is 7.99. The Morgan fingerprint density at radius 1 is 1.13 bits per heavy atom. The number of ether oxygens (including phenoxy) is 1. The number of carbonyl (C=O) groups is 1. The van der Waals surface area contributed by atoms with E-state index >= 15 is 0 Å². The number of hydrogen-bond donors (Lipinski definition) is 1. The molecule has 2 aromatic carbocycles. The van der Waals surface area contributed by atoms with Crippen LogP contribution in [0.4, 0.5) is 18.9 Å². The van der Waals surface area contributed by atoms with Gasteiger partial charge in [-0.2, -0.15) is 13.2 Å². The number of nitrogens with zero attached hydrogens (tertiary/aromatic N) is 2. The second-order valence-electron chi connectivity index (χ2n) is 6.84. The molecule has 0 aliphatic rings. The molecule has 0 spiro atoms. The van der Waals surface area contributed by atoms with E-state index < -0.39 is 17.6 Å². The second kappa shape index (κ2) is 10.00. The summed E-state index contributed by atoms with van der Waals surface area (Å²) in [5.74, 6) is 0.303. The average Bonchev–Trinajstić information content (AvgIpc) is 2.72. The molecule has 164 valence electrons. The van der Waals surface area contributed by atoms with Crippen molar-refractivity contribution in [2.24, 2.45) is 0 Å². The van der Waals surface area contributed by atoms with Crippen LogP contribution in [0.5, 0.6) is 5.75 Å². The van der Waals surface area contributed by atoms with Crippen LogP contribution in [0.3, 0.4) is 0 Å². The topological polar surface area (TPSA) is 64.1 Å². The number of anilines is 1. The van der Waals surface area contributed by atoms with Gasteiger partial charge >= 0.3 is 6.18 Å². The van der Waals surface area contributed by atoms with E-state index in [4.69, 9.17) is 4.74 Å². The quantitative estimate of drug-likeness (QED) is 0.484. The van der Waals surface area contributed by atoms with E-state index in [1.165, 1.54) is 17.8 Å². The van der Waals surface area contributed by atoms with Crippen molar-refractivity contribution in [2.45, 2.75) is 32.2 Å². The van der Waals surface area contributed by atoms with Crippen molar-refractivity contribution in [1.29, 1.82) is 0 Å². The Labute approximate surface area is 182 Å². The fourth-order valence-corrected chi connectivity index (χ4v) is 3.66. The zero-order valence-corrected chi connectivity index (χ0v) is 17.9. The molecule has 3 aromatic rings. The van der Waals surface area contributed by atoms with E-state index in [0.29, 0.717) is 18.8 Å². The van der Waals surface area contributed by atoms with Gasteiger partial charge in [-0.25, -0.2) is 9.97 Å². The molecule has 5 nitrogen and oxygen atoms in total. The van der Waals surface area contributed by atoms with Crippen molar-refractivity contribution in [3.05, 3.63) is 59.4 Å². The van der Waals surface area contributed by atoms with E-state index in [1.807, 2.05) is 38.1 Å². The van der Waals surface area contributed by atoms with Gasteiger partial charge in [0, 0.05) is 5.75 Å². The molecule has 0 aliphatic heterocycles. The minimum absolute atomic E-state index is 0.00977. The lowest BCUT2D eigenvalue weighted by molar-refractivity contribution is -0.137. The normalized spacial score (nSPS) is 11.5. The Balaban J connectivity index is 1.65. The molecule has 3 rings (SSSR count). The first kappa shape index (κ1) is 22.9. The maximum absolute atomic E-state index is 13.1. The molecule has 0 unspecified atom stereocenters. The van der Waals surface area contributed by atoms with Crippen LogP contribution in [-0.4, -0.2) is 28.2 Å². The number of halogens is 3. The Hall–Kier alpha value is -2.81. The zero-order valence-electron chi connectivity index (χ0n) is 17.1. The lowest BCUT2D eigenvalue weighted by atomic mass is 10.1. The van der Waals surface area contributed by atoms with Crippen LogP contribution in [0.25, 0.3) is 11.0 Å². The molecule has 0 atom stereocenters. The van der Waals surface area contributed by atoms with Crippen molar-refractivity contribution >= 4 is 34.4 Å². The van der Waals surface area contributed by atoms with Gasteiger partial charge in [0.15, 0.2) is 0 Å². The summed E-state index contributed by atoms with van der Waals surface area (Å²) >= 11 is 1.31. The molecule has 1 aromatic heterocycles. The molecule has 31 heavy (non-hydrogen) atoms. The van der Waals surface area contributed by atoms with E-state index in [1.54, 1.807) is 0 Å². The smallest absolute Gasteiger partial charge is 0.416 e. The van der Waals surface area contributed by atoms with Gasteiger partial charge in [0.05, 0.1) is 46.0 Å². The largest absolute Gasteiger partial charge is 0.491 e. The predicted octanol–water partition coefficient (Wildman–Crippen LogP) is 5.62. The number of thioether (sulfide) groups is 1. The van der Waals surface area contributed by atoms with Crippen LogP contribution in [-0.2, 0) is 16.7 Å². The van der Waals surface area contributed by atoms with Gasteiger partial charge in [0.1, 0.15) is 5.75 Å². The standard InChI is InChI=1S/C22H22F3N3O2S/c1-3-10-30-20-9-8-15(22(23,24)25)11-18(20)28-21(29)13-31-12-19-14(2)26-16-6-4-5-7-17(16)27-19/h4-9,11H,3,10,12-13H2,1-2H3,(H,28,29). The summed E-state index contributed by atoms with van der Waals surface area (Å²) in [6.07, 6.45) is -3.82. The zero-order chi connectivity index (χ0) is 22.4. The number of hydrogen-bond acceptors (Lipinski definition) is 5. The Morgan fingerprint density at radius 3 is 2.52 bits per heavy atom. The van der Waals surface area contributed by atoms with E-state index in [-0.39, 0.29) is 17.2 Å². The van der Waals surface area contributed by atoms with Crippen molar-refractivity contribution in [1.82, 2.24) is 9.97 Å². The number of fused-ring (bicyclic) bond motifs is 1. The molecule has 0 saturated carbocycles. The first-order valence-electron chi connectivity index (χ1n) is 9.72. The lowest BCUT2D eigenvalue weighted by Gasteiger charge is -2.15. The van der Waals surface area contributed by atoms with Crippen LogP contribution in [0.1, 0.15) is 30.3 Å². The summed E-state index contributed by atoms with van der Waals surface area (Å²) < 4.78 is 44.7. The van der Waals surface area contributed by atoms with E-state index in [9.17, 15) is 18.0 Å². The minimum atomic E-state index is -4.51. The highest BCUT2D eigenvalue weighted by Crippen LogP contribution is 2.35. The Kier molecular flexibility index (Phi) is 7.37. The van der Waals surface area contributed by atoms with Gasteiger partial charge in [0.25, 0.3) is 0 Å². The number of aromatic nitrogens is 2. The molecule has 0 aliphatic carbocycles. The van der Waals surface area contributed by atoms with Crippen molar-refractivity contribution in [2.75, 3.05) is 17.7 Å². The first-order chi connectivity index (χ1) is 14.8. The van der Waals surface area contributed by atoms with Gasteiger partial charge in [-0.1, -0.05) is 19.1 Å². The summed E-state index contributed by atoms with van der Waals surface area (Å²) in [5.41, 5.74) is 2.28. The van der Waals surface area contributed by atoms with Crippen molar-refractivity contribution in [3.8, 4) is 5.75 Å².